The van der Waals surface area contributed by atoms with Gasteiger partial charge in [0.25, 0.3) is 0 Å². The molecule has 0 rings (SSSR count). The van der Waals surface area contributed by atoms with Gasteiger partial charge in [0.1, 0.15) is 0 Å². The fourth-order valence-corrected chi connectivity index (χ4v) is 1.70. The molecule has 0 spiro atoms. The molecule has 0 aromatic heterocycles. The molecule has 15 heavy (non-hydrogen) atoms. The van der Waals surface area contributed by atoms with Crippen LogP contribution in [0.25, 0.3) is 0 Å². The number of rotatable bonds is 4. The normalized spacial score (nSPS) is 10.9. The van der Waals surface area contributed by atoms with Crippen molar-refractivity contribution in [2.45, 2.75) is 0 Å². The van der Waals surface area contributed by atoms with E-state index in [4.69, 9.17) is 23.2 Å². The molecule has 11 heteroatoms. The third-order valence-corrected chi connectivity index (χ3v) is 2.89. The van der Waals surface area contributed by atoms with Gasteiger partial charge in [0.2, 0.25) is 0 Å². The van der Waals surface area contributed by atoms with E-state index in [1.807, 2.05) is 0 Å². The average molecular weight is 424 g/mol. The van der Waals surface area contributed by atoms with Gasteiger partial charge in [0.15, 0.2) is 0 Å². The summed E-state index contributed by atoms with van der Waals surface area (Å²) in [6.07, 6.45) is 0. The van der Waals surface area contributed by atoms with Crippen LogP contribution in [0.15, 0.2) is 0 Å². The van der Waals surface area contributed by atoms with Crippen LogP contribution in [0.2, 0.25) is 0 Å². The molecule has 0 N–H and O–H groups in total. The maximum Gasteiger partial charge on any atom is 2.00 e. The van der Waals surface area contributed by atoms with E-state index in [-0.39, 0.29) is 60.6 Å². The second-order valence-corrected chi connectivity index (χ2v) is 5.70. The summed E-state index contributed by atoms with van der Waals surface area (Å²) in [6, 6.07) is 0. The van der Waals surface area contributed by atoms with Crippen molar-refractivity contribution in [3.05, 3.63) is 0 Å². The zero-order valence-electron chi connectivity index (χ0n) is 7.56. The van der Waals surface area contributed by atoms with Gasteiger partial charge >= 0.3 is 48.9 Å². The van der Waals surface area contributed by atoms with Crippen LogP contribution in [0.1, 0.15) is 0 Å². The van der Waals surface area contributed by atoms with Crippen LogP contribution < -0.4 is 0 Å². The van der Waals surface area contributed by atoms with Crippen molar-refractivity contribution < 1.29 is 25.9 Å². The first-order valence-corrected chi connectivity index (χ1v) is 7.34. The van der Waals surface area contributed by atoms with Gasteiger partial charge in [0, 0.05) is 11.8 Å². The summed E-state index contributed by atoms with van der Waals surface area (Å²) in [5.41, 5.74) is 0. The minimum atomic E-state index is -4.06. The smallest absolute Gasteiger partial charge is 0.748 e. The van der Waals surface area contributed by atoms with Gasteiger partial charge in [-0.05, 0) is 0 Å². The zero-order valence-corrected chi connectivity index (χ0v) is 15.1. The molecule has 0 amide bonds. The molecule has 0 unspecified atom stereocenters. The van der Waals surface area contributed by atoms with Crippen LogP contribution in [0.4, 0.5) is 0 Å². The molecule has 0 aliphatic heterocycles. The fourth-order valence-electron chi connectivity index (χ4n) is 0.189. The van der Waals surface area contributed by atoms with E-state index in [2.05, 4.69) is 0 Å². The first-order valence-electron chi connectivity index (χ1n) is 3.11. The molecule has 0 saturated carbocycles. The number of alkyl halides is 2. The Morgan fingerprint density at radius 2 is 1.00 bits per heavy atom. The first-order chi connectivity index (χ1) is 6.12. The molecule has 0 radical (unpaired) electrons. The summed E-state index contributed by atoms with van der Waals surface area (Å²) in [5.74, 6) is -1.19. The van der Waals surface area contributed by atoms with Gasteiger partial charge in [-0.3, -0.25) is 0 Å². The summed E-state index contributed by atoms with van der Waals surface area (Å²) in [7, 11) is -8.11. The van der Waals surface area contributed by atoms with Crippen molar-refractivity contribution >= 4 is 92.3 Å². The fraction of sp³-hybridized carbons (Fsp3) is 1.00. The standard InChI is InChI=1S/2C2H5ClO3S.Ba/c2*3-1-2-7(4,5)6;/h2*1-2H2,(H,4,5,6);/q;;+2/p-2. The molecule has 0 atom stereocenters. The van der Waals surface area contributed by atoms with Crippen molar-refractivity contribution in [3.8, 4) is 0 Å². The van der Waals surface area contributed by atoms with Crippen molar-refractivity contribution in [1.82, 2.24) is 0 Å². The van der Waals surface area contributed by atoms with Crippen LogP contribution in [-0.4, -0.2) is 98.1 Å². The van der Waals surface area contributed by atoms with Crippen molar-refractivity contribution in [3.63, 3.8) is 0 Å². The maximum atomic E-state index is 9.59. The van der Waals surface area contributed by atoms with Crippen molar-refractivity contribution in [1.29, 1.82) is 0 Å². The van der Waals surface area contributed by atoms with Gasteiger partial charge in [0.05, 0.1) is 31.7 Å². The topological polar surface area (TPSA) is 114 Å². The predicted molar refractivity (Wildman–Crippen MR) is 56.3 cm³/mol. The van der Waals surface area contributed by atoms with E-state index in [9.17, 15) is 25.9 Å². The SMILES string of the molecule is O=S(=O)([O-])CCCl.O=S(=O)([O-])CCCl.[Ba+2]. The third-order valence-electron chi connectivity index (χ3n) is 0.654. The van der Waals surface area contributed by atoms with Gasteiger partial charge in [-0.1, -0.05) is 0 Å². The molecule has 0 fully saturated rings. The monoisotopic (exact) mass is 424 g/mol. The van der Waals surface area contributed by atoms with Gasteiger partial charge in [-0.25, -0.2) is 16.8 Å². The summed E-state index contributed by atoms with van der Waals surface area (Å²) < 4.78 is 57.5. The molecule has 0 aromatic carbocycles. The molecule has 0 aliphatic rings. The number of halogens is 2. The van der Waals surface area contributed by atoms with Crippen molar-refractivity contribution in [2.24, 2.45) is 0 Å². The summed E-state index contributed by atoms with van der Waals surface area (Å²) in [6.45, 7) is 0. The Kier molecular flexibility index (Phi) is 16.4. The predicted octanol–water partition coefficient (Wildman–Crippen LogP) is -0.840. The molecule has 0 saturated heterocycles. The summed E-state index contributed by atoms with van der Waals surface area (Å²) >= 11 is 9.81. The molecule has 0 aliphatic carbocycles. The van der Waals surface area contributed by atoms with Crippen LogP contribution in [0, 0.1) is 0 Å². The van der Waals surface area contributed by atoms with Crippen LogP contribution >= 0.6 is 23.2 Å². The molecule has 0 bridgehead atoms. The molecule has 0 heterocycles. The van der Waals surface area contributed by atoms with Gasteiger partial charge in [-0.15, -0.1) is 23.2 Å². The average Bonchev–Trinajstić information content (AvgIpc) is 1.81. The molecule has 88 valence electrons. The van der Waals surface area contributed by atoms with E-state index < -0.39 is 31.7 Å². The molecule has 0 aromatic rings. The maximum absolute atomic E-state index is 9.59. The van der Waals surface area contributed by atoms with E-state index in [0.29, 0.717) is 0 Å². The third kappa shape index (κ3) is 31.4. The Hall–Kier alpha value is 1.97. The summed E-state index contributed by atoms with van der Waals surface area (Å²) in [5, 5.41) is 0. The van der Waals surface area contributed by atoms with Gasteiger partial charge < -0.3 is 9.11 Å². The van der Waals surface area contributed by atoms with Crippen molar-refractivity contribution in [2.75, 3.05) is 23.3 Å². The van der Waals surface area contributed by atoms with E-state index in [0.717, 1.165) is 0 Å². The molecule has 6 nitrogen and oxygen atoms in total. The Morgan fingerprint density at radius 3 is 1.00 bits per heavy atom. The Balaban J connectivity index is -0.000000180. The Morgan fingerprint density at radius 1 is 0.800 bits per heavy atom. The second-order valence-electron chi connectivity index (χ2n) is 1.90. The first kappa shape index (κ1) is 22.2. The number of hydrogen-bond acceptors (Lipinski definition) is 6. The minimum absolute atomic E-state index is 0. The molecular formula is C4H8BaCl2O6S2. The Labute approximate surface area is 139 Å². The van der Waals surface area contributed by atoms with E-state index >= 15 is 0 Å². The largest absolute Gasteiger partial charge is 2.00 e. The minimum Gasteiger partial charge on any atom is -0.748 e. The molecular weight excluding hydrogens is 416 g/mol. The van der Waals surface area contributed by atoms with Crippen LogP contribution in [0.3, 0.4) is 0 Å². The van der Waals surface area contributed by atoms with E-state index in [1.54, 1.807) is 0 Å². The zero-order chi connectivity index (χ0) is 11.8. The van der Waals surface area contributed by atoms with Crippen LogP contribution in [-0.2, 0) is 20.2 Å². The Bertz CT molecular complexity index is 291. The quantitative estimate of drug-likeness (QED) is 0.330. The summed E-state index contributed by atoms with van der Waals surface area (Å²) in [4.78, 5) is 0. The number of hydrogen-bond donors (Lipinski definition) is 0. The second kappa shape index (κ2) is 11.1. The van der Waals surface area contributed by atoms with E-state index in [1.165, 1.54) is 0 Å². The van der Waals surface area contributed by atoms with Crippen LogP contribution in [0.5, 0.6) is 0 Å². The van der Waals surface area contributed by atoms with Gasteiger partial charge in [-0.2, -0.15) is 0 Å².